The van der Waals surface area contributed by atoms with Crippen molar-refractivity contribution in [2.24, 2.45) is 5.92 Å². The summed E-state index contributed by atoms with van der Waals surface area (Å²) in [7, 11) is 2.29. The fraction of sp³-hybridized carbons (Fsp3) is 1.00. The van der Waals surface area contributed by atoms with E-state index >= 15 is 0 Å². The van der Waals surface area contributed by atoms with Crippen molar-refractivity contribution in [2.45, 2.75) is 82.8 Å². The van der Waals surface area contributed by atoms with E-state index in [1.54, 1.807) is 0 Å². The van der Waals surface area contributed by atoms with Crippen LogP contribution in [0.5, 0.6) is 0 Å². The molecule has 0 radical (unpaired) electrons. The van der Waals surface area contributed by atoms with Crippen LogP contribution >= 0.6 is 0 Å². The summed E-state index contributed by atoms with van der Waals surface area (Å²) in [6.45, 7) is 1.12. The minimum Gasteiger partial charge on any atom is -0.393 e. The third kappa shape index (κ3) is 4.24. The monoisotopic (exact) mass is 253 g/mol. The summed E-state index contributed by atoms with van der Waals surface area (Å²) in [6, 6.07) is 0.781. The minimum absolute atomic E-state index is 0.0410. The standard InChI is InChI=1S/C16H31NO/c1-17(15-10-6-2-3-7-11-15)13-14-9-5-4-8-12-16(14)18/h14-16,18H,2-13H2,1H3. The fourth-order valence-electron chi connectivity index (χ4n) is 3.80. The molecule has 2 aliphatic carbocycles. The van der Waals surface area contributed by atoms with Gasteiger partial charge in [0, 0.05) is 12.6 Å². The zero-order chi connectivity index (χ0) is 12.8. The Kier molecular flexibility index (Phi) is 5.97. The van der Waals surface area contributed by atoms with Crippen LogP contribution < -0.4 is 0 Å². The highest BCUT2D eigenvalue weighted by Gasteiger charge is 2.25. The van der Waals surface area contributed by atoms with Crippen LogP contribution in [0.15, 0.2) is 0 Å². The smallest absolute Gasteiger partial charge is 0.0580 e. The van der Waals surface area contributed by atoms with Crippen molar-refractivity contribution >= 4 is 0 Å². The molecule has 0 amide bonds. The lowest BCUT2D eigenvalue weighted by Crippen LogP contribution is -2.38. The number of rotatable bonds is 3. The van der Waals surface area contributed by atoms with E-state index in [1.165, 1.54) is 64.2 Å². The first kappa shape index (κ1) is 14.3. The Balaban J connectivity index is 1.82. The van der Waals surface area contributed by atoms with Crippen molar-refractivity contribution in [1.82, 2.24) is 4.90 Å². The molecule has 0 spiro atoms. The van der Waals surface area contributed by atoms with Gasteiger partial charge in [-0.25, -0.2) is 0 Å². The van der Waals surface area contributed by atoms with E-state index in [9.17, 15) is 5.11 Å². The SMILES string of the molecule is CN(CC1CCCCCC1O)C1CCCCCC1. The Labute approximate surface area is 113 Å². The predicted molar refractivity (Wildman–Crippen MR) is 76.7 cm³/mol. The Morgan fingerprint density at radius 2 is 1.39 bits per heavy atom. The van der Waals surface area contributed by atoms with E-state index in [2.05, 4.69) is 11.9 Å². The van der Waals surface area contributed by atoms with E-state index < -0.39 is 0 Å². The molecule has 18 heavy (non-hydrogen) atoms. The van der Waals surface area contributed by atoms with Gasteiger partial charge >= 0.3 is 0 Å². The van der Waals surface area contributed by atoms with E-state index in [0.717, 1.165) is 19.0 Å². The Morgan fingerprint density at radius 3 is 2.11 bits per heavy atom. The summed E-state index contributed by atoms with van der Waals surface area (Å²) in [4.78, 5) is 2.56. The number of aliphatic hydroxyl groups excluding tert-OH is 1. The highest BCUT2D eigenvalue weighted by molar-refractivity contribution is 4.79. The van der Waals surface area contributed by atoms with Crippen molar-refractivity contribution < 1.29 is 5.11 Å². The largest absolute Gasteiger partial charge is 0.393 e. The molecule has 0 aromatic carbocycles. The quantitative estimate of drug-likeness (QED) is 0.777. The maximum atomic E-state index is 10.2. The molecule has 106 valence electrons. The second-order valence-electron chi connectivity index (χ2n) is 6.55. The molecule has 1 N–H and O–H groups in total. The summed E-state index contributed by atoms with van der Waals surface area (Å²) in [5.41, 5.74) is 0. The van der Waals surface area contributed by atoms with Crippen LogP contribution in [0.2, 0.25) is 0 Å². The van der Waals surface area contributed by atoms with Crippen molar-refractivity contribution in [3.8, 4) is 0 Å². The van der Waals surface area contributed by atoms with Gasteiger partial charge in [0.25, 0.3) is 0 Å². The lowest BCUT2D eigenvalue weighted by Gasteiger charge is -2.32. The lowest BCUT2D eigenvalue weighted by atomic mass is 9.95. The minimum atomic E-state index is -0.0410. The van der Waals surface area contributed by atoms with E-state index in [0.29, 0.717) is 5.92 Å². The fourth-order valence-corrected chi connectivity index (χ4v) is 3.80. The summed E-state index contributed by atoms with van der Waals surface area (Å²) in [6.07, 6.45) is 14.5. The van der Waals surface area contributed by atoms with Crippen LogP contribution in [0.4, 0.5) is 0 Å². The molecule has 2 heteroatoms. The van der Waals surface area contributed by atoms with Crippen LogP contribution in [-0.2, 0) is 0 Å². The van der Waals surface area contributed by atoms with Gasteiger partial charge in [0.15, 0.2) is 0 Å². The summed E-state index contributed by atoms with van der Waals surface area (Å²) in [5.74, 6) is 0.528. The molecule has 0 aliphatic heterocycles. The molecule has 2 aliphatic rings. The first-order valence-corrected chi connectivity index (χ1v) is 8.15. The van der Waals surface area contributed by atoms with Gasteiger partial charge < -0.3 is 10.0 Å². The molecule has 0 bridgehead atoms. The second kappa shape index (κ2) is 7.49. The molecule has 2 fully saturated rings. The van der Waals surface area contributed by atoms with Gasteiger partial charge in [0.1, 0.15) is 0 Å². The lowest BCUT2D eigenvalue weighted by molar-refractivity contribution is 0.0669. The topological polar surface area (TPSA) is 23.5 Å². The average Bonchev–Trinajstić information content (AvgIpc) is 2.73. The number of aliphatic hydroxyl groups is 1. The molecule has 0 aromatic heterocycles. The van der Waals surface area contributed by atoms with Gasteiger partial charge in [0.05, 0.1) is 6.10 Å². The van der Waals surface area contributed by atoms with Crippen LogP contribution in [0.25, 0.3) is 0 Å². The van der Waals surface area contributed by atoms with E-state index in [4.69, 9.17) is 0 Å². The van der Waals surface area contributed by atoms with Crippen LogP contribution in [0, 0.1) is 5.92 Å². The highest BCUT2D eigenvalue weighted by atomic mass is 16.3. The summed E-state index contributed by atoms with van der Waals surface area (Å²) < 4.78 is 0. The molecule has 2 saturated carbocycles. The van der Waals surface area contributed by atoms with Gasteiger partial charge in [-0.2, -0.15) is 0 Å². The van der Waals surface area contributed by atoms with Crippen LogP contribution in [0.3, 0.4) is 0 Å². The normalized spacial score (nSPS) is 32.2. The molecule has 2 rings (SSSR count). The molecule has 0 aromatic rings. The van der Waals surface area contributed by atoms with Crippen molar-refractivity contribution in [3.05, 3.63) is 0 Å². The molecule has 2 atom stereocenters. The molecular formula is C16H31NO. The van der Waals surface area contributed by atoms with Gasteiger partial charge in [-0.1, -0.05) is 44.9 Å². The van der Waals surface area contributed by atoms with Crippen molar-refractivity contribution in [1.29, 1.82) is 0 Å². The Morgan fingerprint density at radius 1 is 0.833 bits per heavy atom. The number of hydrogen-bond acceptors (Lipinski definition) is 2. The second-order valence-corrected chi connectivity index (χ2v) is 6.55. The third-order valence-electron chi connectivity index (χ3n) is 5.09. The van der Waals surface area contributed by atoms with Crippen molar-refractivity contribution in [3.63, 3.8) is 0 Å². The molecule has 0 heterocycles. The van der Waals surface area contributed by atoms with Gasteiger partial charge in [0.2, 0.25) is 0 Å². The van der Waals surface area contributed by atoms with Gasteiger partial charge in [-0.3, -0.25) is 0 Å². The maximum Gasteiger partial charge on any atom is 0.0580 e. The number of hydrogen-bond donors (Lipinski definition) is 1. The molecule has 2 nitrogen and oxygen atoms in total. The molecule has 0 saturated heterocycles. The van der Waals surface area contributed by atoms with E-state index in [1.807, 2.05) is 0 Å². The first-order valence-electron chi connectivity index (χ1n) is 8.15. The van der Waals surface area contributed by atoms with Crippen LogP contribution in [-0.4, -0.2) is 35.7 Å². The number of nitrogens with zero attached hydrogens (tertiary/aromatic N) is 1. The average molecular weight is 253 g/mol. The van der Waals surface area contributed by atoms with E-state index in [-0.39, 0.29) is 6.10 Å². The summed E-state index contributed by atoms with van der Waals surface area (Å²) in [5, 5.41) is 10.2. The highest BCUT2D eigenvalue weighted by Crippen LogP contribution is 2.27. The molecule has 2 unspecified atom stereocenters. The zero-order valence-electron chi connectivity index (χ0n) is 12.1. The Hall–Kier alpha value is -0.0800. The van der Waals surface area contributed by atoms with Gasteiger partial charge in [-0.15, -0.1) is 0 Å². The van der Waals surface area contributed by atoms with Crippen LogP contribution in [0.1, 0.15) is 70.6 Å². The first-order chi connectivity index (χ1) is 8.77. The van der Waals surface area contributed by atoms with Crippen molar-refractivity contribution in [2.75, 3.05) is 13.6 Å². The zero-order valence-corrected chi connectivity index (χ0v) is 12.1. The third-order valence-corrected chi connectivity index (χ3v) is 5.09. The predicted octanol–water partition coefficient (Wildman–Crippen LogP) is 3.58. The Bertz CT molecular complexity index is 223. The van der Waals surface area contributed by atoms with Gasteiger partial charge in [-0.05, 0) is 38.6 Å². The maximum absolute atomic E-state index is 10.2. The summed E-state index contributed by atoms with van der Waals surface area (Å²) >= 11 is 0. The molecular weight excluding hydrogens is 222 g/mol.